The molecular formula is C16H14F3N5OS. The van der Waals surface area contributed by atoms with Crippen molar-refractivity contribution >= 4 is 22.4 Å². The van der Waals surface area contributed by atoms with Crippen molar-refractivity contribution < 1.29 is 18.0 Å². The molecule has 3 rings (SSSR count). The molecule has 1 N–H and O–H groups in total. The van der Waals surface area contributed by atoms with E-state index in [9.17, 15) is 18.0 Å². The number of nitrogens with one attached hydrogen (secondary N) is 1. The molecule has 0 bridgehead atoms. The van der Waals surface area contributed by atoms with Crippen molar-refractivity contribution in [2.24, 2.45) is 0 Å². The zero-order chi connectivity index (χ0) is 18.9. The molecule has 10 heteroatoms. The van der Waals surface area contributed by atoms with Gasteiger partial charge in [0, 0.05) is 6.07 Å². The van der Waals surface area contributed by atoms with E-state index in [0.717, 1.165) is 10.7 Å². The lowest BCUT2D eigenvalue weighted by Crippen LogP contribution is -2.17. The van der Waals surface area contributed by atoms with E-state index in [0.29, 0.717) is 22.7 Å². The molecule has 2 heterocycles. The number of amides is 1. The number of hydrogen-bond acceptors (Lipinski definition) is 5. The first-order valence-electron chi connectivity index (χ1n) is 7.66. The second-order valence-electron chi connectivity index (χ2n) is 5.42. The number of nitrogens with zero attached hydrogens (tertiary/aromatic N) is 4. The summed E-state index contributed by atoms with van der Waals surface area (Å²) in [6.45, 7) is 3.61. The highest BCUT2D eigenvalue weighted by molar-refractivity contribution is 7.15. The van der Waals surface area contributed by atoms with Gasteiger partial charge in [-0.1, -0.05) is 36.5 Å². The Morgan fingerprint density at radius 2 is 2.00 bits per heavy atom. The summed E-state index contributed by atoms with van der Waals surface area (Å²) in [5.41, 5.74) is -0.306. The molecule has 26 heavy (non-hydrogen) atoms. The fourth-order valence-electron chi connectivity index (χ4n) is 2.27. The smallest absolute Gasteiger partial charge is 0.295 e. The van der Waals surface area contributed by atoms with E-state index in [4.69, 9.17) is 0 Å². The zero-order valence-electron chi connectivity index (χ0n) is 13.8. The van der Waals surface area contributed by atoms with E-state index in [1.807, 2.05) is 6.92 Å². The van der Waals surface area contributed by atoms with Gasteiger partial charge in [-0.3, -0.25) is 10.1 Å². The molecule has 0 radical (unpaired) electrons. The minimum absolute atomic E-state index is 0.220. The van der Waals surface area contributed by atoms with Crippen LogP contribution in [0.25, 0.3) is 5.69 Å². The van der Waals surface area contributed by atoms with Gasteiger partial charge in [-0.05, 0) is 25.0 Å². The molecule has 2 aromatic heterocycles. The number of carbonyl (C=O) groups is 1. The van der Waals surface area contributed by atoms with Gasteiger partial charge >= 0.3 is 6.18 Å². The number of aryl methyl sites for hydroxylation is 2. The number of hydrogen-bond donors (Lipinski definition) is 1. The monoisotopic (exact) mass is 381 g/mol. The molecule has 0 aliphatic heterocycles. The summed E-state index contributed by atoms with van der Waals surface area (Å²) in [6, 6.07) is 7.46. The number of alkyl halides is 3. The standard InChI is InChI=1S/C16H14F3N5OS/c1-3-13-21-22-15(26-13)20-14(25)11-8-12(16(17,18)19)23-24(11)10-7-5-4-6-9(10)2/h4-8H,3H2,1-2H3,(H,20,22,25). The SMILES string of the molecule is CCc1nnc(NC(=O)c2cc(C(F)(F)F)nn2-c2ccccc2C)s1. The summed E-state index contributed by atoms with van der Waals surface area (Å²) in [6.07, 6.45) is -4.02. The molecule has 1 amide bonds. The molecular weight excluding hydrogens is 367 g/mol. The zero-order valence-corrected chi connectivity index (χ0v) is 14.6. The van der Waals surface area contributed by atoms with E-state index in [1.165, 1.54) is 11.3 Å². The van der Waals surface area contributed by atoms with Crippen LogP contribution in [0.2, 0.25) is 0 Å². The highest BCUT2D eigenvalue weighted by Crippen LogP contribution is 2.30. The predicted octanol–water partition coefficient (Wildman–Crippen LogP) is 3.87. The number of carbonyl (C=O) groups excluding carboxylic acids is 1. The summed E-state index contributed by atoms with van der Waals surface area (Å²) in [5.74, 6) is -0.741. The minimum atomic E-state index is -4.67. The fourth-order valence-corrected chi connectivity index (χ4v) is 2.95. The number of benzene rings is 1. The van der Waals surface area contributed by atoms with Gasteiger partial charge < -0.3 is 0 Å². The van der Waals surface area contributed by atoms with Crippen LogP contribution in [0.4, 0.5) is 18.3 Å². The maximum absolute atomic E-state index is 13.1. The summed E-state index contributed by atoms with van der Waals surface area (Å²) in [4.78, 5) is 12.6. The Morgan fingerprint density at radius 1 is 1.27 bits per heavy atom. The molecule has 0 fully saturated rings. The lowest BCUT2D eigenvalue weighted by Gasteiger charge is -2.09. The molecule has 0 saturated heterocycles. The molecule has 0 aliphatic carbocycles. The lowest BCUT2D eigenvalue weighted by atomic mass is 10.2. The van der Waals surface area contributed by atoms with Crippen molar-refractivity contribution in [3.8, 4) is 5.69 Å². The topological polar surface area (TPSA) is 72.7 Å². The Labute approximate surface area is 150 Å². The number of para-hydroxylation sites is 1. The second kappa shape index (κ2) is 6.87. The number of anilines is 1. The van der Waals surface area contributed by atoms with Crippen LogP contribution in [0.1, 0.15) is 33.7 Å². The number of halogens is 3. The van der Waals surface area contributed by atoms with Crippen LogP contribution in [-0.4, -0.2) is 25.9 Å². The van der Waals surface area contributed by atoms with E-state index in [-0.39, 0.29) is 10.8 Å². The largest absolute Gasteiger partial charge is 0.435 e. The summed E-state index contributed by atoms with van der Waals surface area (Å²) in [7, 11) is 0. The van der Waals surface area contributed by atoms with E-state index < -0.39 is 17.8 Å². The molecule has 0 aliphatic rings. The van der Waals surface area contributed by atoms with Crippen molar-refractivity contribution in [1.29, 1.82) is 0 Å². The third-order valence-electron chi connectivity index (χ3n) is 3.57. The second-order valence-corrected chi connectivity index (χ2v) is 6.48. The van der Waals surface area contributed by atoms with Crippen molar-refractivity contribution in [2.75, 3.05) is 5.32 Å². The van der Waals surface area contributed by atoms with E-state index in [2.05, 4.69) is 20.6 Å². The van der Waals surface area contributed by atoms with E-state index in [1.54, 1.807) is 31.2 Å². The first kappa shape index (κ1) is 18.1. The summed E-state index contributed by atoms with van der Waals surface area (Å²) < 4.78 is 40.3. The van der Waals surface area contributed by atoms with Crippen LogP contribution in [0.15, 0.2) is 30.3 Å². The van der Waals surface area contributed by atoms with E-state index >= 15 is 0 Å². The van der Waals surface area contributed by atoms with Crippen molar-refractivity contribution in [3.63, 3.8) is 0 Å². The molecule has 3 aromatic rings. The first-order chi connectivity index (χ1) is 12.3. The van der Waals surface area contributed by atoms with Crippen LogP contribution >= 0.6 is 11.3 Å². The summed E-state index contributed by atoms with van der Waals surface area (Å²) >= 11 is 1.17. The molecule has 0 saturated carbocycles. The fraction of sp³-hybridized carbons (Fsp3) is 0.250. The van der Waals surface area contributed by atoms with Crippen molar-refractivity contribution in [3.05, 3.63) is 52.3 Å². The Bertz CT molecular complexity index is 948. The maximum atomic E-state index is 13.1. The quantitative estimate of drug-likeness (QED) is 0.745. The highest BCUT2D eigenvalue weighted by Gasteiger charge is 2.36. The molecule has 0 unspecified atom stereocenters. The van der Waals surface area contributed by atoms with Crippen LogP contribution in [0, 0.1) is 6.92 Å². The molecule has 0 atom stereocenters. The predicted molar refractivity (Wildman–Crippen MR) is 90.5 cm³/mol. The van der Waals surface area contributed by atoms with Crippen LogP contribution in [0.3, 0.4) is 0 Å². The van der Waals surface area contributed by atoms with Crippen LogP contribution in [-0.2, 0) is 12.6 Å². The van der Waals surface area contributed by atoms with Gasteiger partial charge in [0.25, 0.3) is 5.91 Å². The third kappa shape index (κ3) is 3.59. The van der Waals surface area contributed by atoms with Gasteiger partial charge in [0.15, 0.2) is 5.69 Å². The average Bonchev–Trinajstić information content (AvgIpc) is 3.21. The van der Waals surface area contributed by atoms with Crippen molar-refractivity contribution in [2.45, 2.75) is 26.4 Å². The Morgan fingerprint density at radius 3 is 2.62 bits per heavy atom. The van der Waals surface area contributed by atoms with Gasteiger partial charge in [0.1, 0.15) is 10.7 Å². The van der Waals surface area contributed by atoms with Gasteiger partial charge in [-0.2, -0.15) is 18.3 Å². The summed E-state index contributed by atoms with van der Waals surface area (Å²) in [5, 5.41) is 14.7. The normalized spacial score (nSPS) is 11.6. The highest BCUT2D eigenvalue weighted by atomic mass is 32.1. The molecule has 0 spiro atoms. The number of aromatic nitrogens is 4. The Kier molecular flexibility index (Phi) is 4.77. The van der Waals surface area contributed by atoms with Gasteiger partial charge in [-0.25, -0.2) is 4.68 Å². The third-order valence-corrected chi connectivity index (χ3v) is 4.55. The maximum Gasteiger partial charge on any atom is 0.435 e. The Hall–Kier alpha value is -2.75. The van der Waals surface area contributed by atoms with Gasteiger partial charge in [0.05, 0.1) is 5.69 Å². The molecule has 6 nitrogen and oxygen atoms in total. The minimum Gasteiger partial charge on any atom is -0.295 e. The van der Waals surface area contributed by atoms with Gasteiger partial charge in [0.2, 0.25) is 5.13 Å². The number of rotatable bonds is 4. The first-order valence-corrected chi connectivity index (χ1v) is 8.48. The lowest BCUT2D eigenvalue weighted by molar-refractivity contribution is -0.141. The van der Waals surface area contributed by atoms with Crippen LogP contribution < -0.4 is 5.32 Å². The van der Waals surface area contributed by atoms with Gasteiger partial charge in [-0.15, -0.1) is 10.2 Å². The average molecular weight is 381 g/mol. The van der Waals surface area contributed by atoms with Crippen LogP contribution in [0.5, 0.6) is 0 Å². The molecule has 1 aromatic carbocycles. The molecule has 136 valence electrons. The Balaban J connectivity index is 2.03. The van der Waals surface area contributed by atoms with Crippen molar-refractivity contribution in [1.82, 2.24) is 20.0 Å².